The molecule has 2 aliphatic rings. The van der Waals surface area contributed by atoms with Gasteiger partial charge >= 0.3 is 0 Å². The van der Waals surface area contributed by atoms with E-state index in [-0.39, 0.29) is 30.7 Å². The molecule has 24 heavy (non-hydrogen) atoms. The van der Waals surface area contributed by atoms with E-state index in [0.29, 0.717) is 23.4 Å². The lowest BCUT2D eigenvalue weighted by atomic mass is 10.0. The molecule has 1 aromatic rings. The van der Waals surface area contributed by atoms with Crippen LogP contribution in [0.3, 0.4) is 0 Å². The number of hydrogen-bond donors (Lipinski definition) is 1. The summed E-state index contributed by atoms with van der Waals surface area (Å²) in [6, 6.07) is 7.90. The molecule has 136 valence electrons. The zero-order chi connectivity index (χ0) is 15.5. The third kappa shape index (κ3) is 4.76. The minimum Gasteiger partial charge on any atom is -0.398 e. The van der Waals surface area contributed by atoms with Crippen LogP contribution in [0.4, 0.5) is 5.69 Å². The first kappa shape index (κ1) is 21.0. The van der Waals surface area contributed by atoms with Crippen LogP contribution in [0, 0.1) is 0 Å². The van der Waals surface area contributed by atoms with Crippen LogP contribution in [-0.2, 0) is 4.74 Å². The molecule has 0 aliphatic carbocycles. The molecule has 7 heteroatoms. The van der Waals surface area contributed by atoms with Crippen molar-refractivity contribution in [2.45, 2.75) is 31.9 Å². The van der Waals surface area contributed by atoms with Crippen molar-refractivity contribution in [1.82, 2.24) is 9.80 Å². The molecule has 0 saturated carbocycles. The summed E-state index contributed by atoms with van der Waals surface area (Å²) < 4.78 is 5.61. The largest absolute Gasteiger partial charge is 0.398 e. The molecular weight excluding hydrogens is 349 g/mol. The van der Waals surface area contributed by atoms with Crippen molar-refractivity contribution in [3.05, 3.63) is 29.8 Å². The first-order chi connectivity index (χ1) is 10.6. The first-order valence-electron chi connectivity index (χ1n) is 8.14. The number of nitrogen functional groups attached to an aromatic ring is 1. The molecule has 1 atom stereocenters. The van der Waals surface area contributed by atoms with Crippen LogP contribution < -0.4 is 5.73 Å². The van der Waals surface area contributed by atoms with Crippen molar-refractivity contribution in [2.24, 2.45) is 0 Å². The van der Waals surface area contributed by atoms with E-state index in [1.807, 2.05) is 23.1 Å². The second-order valence-corrected chi connectivity index (χ2v) is 6.29. The van der Waals surface area contributed by atoms with Gasteiger partial charge in [-0.1, -0.05) is 12.1 Å². The lowest BCUT2D eigenvalue weighted by molar-refractivity contribution is -0.0423. The number of nitrogens with zero attached hydrogens (tertiary/aromatic N) is 2. The fourth-order valence-electron chi connectivity index (χ4n) is 3.47. The number of likely N-dealkylation sites (tertiary alicyclic amines) is 1. The number of amides is 1. The monoisotopic (exact) mass is 375 g/mol. The van der Waals surface area contributed by atoms with Gasteiger partial charge in [-0.25, -0.2) is 0 Å². The smallest absolute Gasteiger partial charge is 0.255 e. The third-order valence-corrected chi connectivity index (χ3v) is 4.73. The summed E-state index contributed by atoms with van der Waals surface area (Å²) in [4.78, 5) is 17.0. The second-order valence-electron chi connectivity index (χ2n) is 6.29. The molecule has 2 heterocycles. The predicted octanol–water partition coefficient (Wildman–Crippen LogP) is 2.44. The van der Waals surface area contributed by atoms with Gasteiger partial charge in [0.05, 0.1) is 18.3 Å². The number of carbonyl (C=O) groups is 1. The van der Waals surface area contributed by atoms with Gasteiger partial charge in [0.15, 0.2) is 0 Å². The van der Waals surface area contributed by atoms with Crippen LogP contribution in [-0.4, -0.2) is 60.6 Å². The number of benzene rings is 1. The summed E-state index contributed by atoms with van der Waals surface area (Å²) >= 11 is 0. The van der Waals surface area contributed by atoms with Crippen molar-refractivity contribution >= 4 is 36.4 Å². The number of rotatable bonds is 2. The lowest BCUT2D eigenvalue weighted by Gasteiger charge is -2.41. The van der Waals surface area contributed by atoms with Crippen LogP contribution >= 0.6 is 24.8 Å². The SMILES string of the molecule is CC1CN(C2CCN(C(=O)c3ccccc3N)CC2)CCO1.Cl.Cl. The number of carbonyl (C=O) groups excluding carboxylic acids is 1. The number of anilines is 1. The van der Waals surface area contributed by atoms with Gasteiger partial charge in [0.1, 0.15) is 0 Å². The van der Waals surface area contributed by atoms with E-state index in [0.717, 1.165) is 45.6 Å². The highest BCUT2D eigenvalue weighted by Crippen LogP contribution is 2.22. The predicted molar refractivity (Wildman–Crippen MR) is 101 cm³/mol. The zero-order valence-electron chi connectivity index (χ0n) is 14.0. The molecule has 2 fully saturated rings. The maximum atomic E-state index is 12.6. The molecule has 0 bridgehead atoms. The highest BCUT2D eigenvalue weighted by atomic mass is 35.5. The Labute approximate surface area is 156 Å². The van der Waals surface area contributed by atoms with Gasteiger partial charge in [0.25, 0.3) is 5.91 Å². The van der Waals surface area contributed by atoms with Crippen LogP contribution in [0.25, 0.3) is 0 Å². The molecular formula is C17H27Cl2N3O2. The molecule has 2 aliphatic heterocycles. The maximum Gasteiger partial charge on any atom is 0.255 e. The summed E-state index contributed by atoms with van der Waals surface area (Å²) in [6.45, 7) is 6.58. The Kier molecular flexibility index (Phi) is 8.30. The van der Waals surface area contributed by atoms with Gasteiger partial charge < -0.3 is 15.4 Å². The van der Waals surface area contributed by atoms with Crippen molar-refractivity contribution in [1.29, 1.82) is 0 Å². The van der Waals surface area contributed by atoms with Gasteiger partial charge in [-0.05, 0) is 31.9 Å². The van der Waals surface area contributed by atoms with Crippen LogP contribution in [0.1, 0.15) is 30.1 Å². The number of nitrogens with two attached hydrogens (primary N) is 1. The van der Waals surface area contributed by atoms with Gasteiger partial charge in [0.2, 0.25) is 0 Å². The molecule has 2 N–H and O–H groups in total. The summed E-state index contributed by atoms with van der Waals surface area (Å²) in [5.74, 6) is 0.0619. The molecule has 1 unspecified atom stereocenters. The minimum absolute atomic E-state index is 0. The van der Waals surface area contributed by atoms with E-state index < -0.39 is 0 Å². The molecule has 0 spiro atoms. The van der Waals surface area contributed by atoms with Crippen molar-refractivity contribution in [3.63, 3.8) is 0 Å². The average Bonchev–Trinajstić information content (AvgIpc) is 2.55. The third-order valence-electron chi connectivity index (χ3n) is 4.73. The van der Waals surface area contributed by atoms with Crippen molar-refractivity contribution in [2.75, 3.05) is 38.5 Å². The summed E-state index contributed by atoms with van der Waals surface area (Å²) in [5.41, 5.74) is 7.11. The number of para-hydroxylation sites is 1. The number of halogens is 2. The van der Waals surface area contributed by atoms with E-state index in [9.17, 15) is 4.79 Å². The molecule has 1 aromatic carbocycles. The van der Waals surface area contributed by atoms with Crippen molar-refractivity contribution in [3.8, 4) is 0 Å². The zero-order valence-corrected chi connectivity index (χ0v) is 15.7. The molecule has 0 radical (unpaired) electrons. The number of morpholine rings is 1. The Morgan fingerprint density at radius 3 is 2.46 bits per heavy atom. The average molecular weight is 376 g/mol. The maximum absolute atomic E-state index is 12.6. The Hall–Kier alpha value is -1.01. The van der Waals surface area contributed by atoms with Gasteiger partial charge in [0, 0.05) is 37.9 Å². The van der Waals surface area contributed by atoms with Gasteiger partial charge in [-0.2, -0.15) is 0 Å². The minimum atomic E-state index is 0. The Bertz CT molecular complexity index is 536. The Morgan fingerprint density at radius 2 is 1.83 bits per heavy atom. The standard InChI is InChI=1S/C17H25N3O2.2ClH/c1-13-12-20(10-11-22-13)14-6-8-19(9-7-14)17(21)15-4-2-3-5-16(15)18;;/h2-5,13-14H,6-12,18H2,1H3;2*1H. The van der Waals surface area contributed by atoms with E-state index >= 15 is 0 Å². The Morgan fingerprint density at radius 1 is 1.17 bits per heavy atom. The molecule has 5 nitrogen and oxygen atoms in total. The van der Waals surface area contributed by atoms with E-state index in [2.05, 4.69) is 11.8 Å². The van der Waals surface area contributed by atoms with Gasteiger partial charge in [-0.15, -0.1) is 24.8 Å². The van der Waals surface area contributed by atoms with Crippen LogP contribution in [0.2, 0.25) is 0 Å². The fourth-order valence-corrected chi connectivity index (χ4v) is 3.47. The Balaban J connectivity index is 0.00000144. The summed E-state index contributed by atoms with van der Waals surface area (Å²) in [5, 5.41) is 0. The number of hydrogen-bond acceptors (Lipinski definition) is 4. The van der Waals surface area contributed by atoms with Crippen molar-refractivity contribution < 1.29 is 9.53 Å². The molecule has 0 aromatic heterocycles. The van der Waals surface area contributed by atoms with E-state index in [1.54, 1.807) is 6.07 Å². The highest BCUT2D eigenvalue weighted by molar-refractivity contribution is 5.99. The van der Waals surface area contributed by atoms with E-state index in [1.165, 1.54) is 0 Å². The molecule has 2 saturated heterocycles. The fraction of sp³-hybridized carbons (Fsp3) is 0.588. The molecule has 1 amide bonds. The van der Waals surface area contributed by atoms with Gasteiger partial charge in [-0.3, -0.25) is 9.69 Å². The summed E-state index contributed by atoms with van der Waals surface area (Å²) in [7, 11) is 0. The quantitative estimate of drug-likeness (QED) is 0.806. The highest BCUT2D eigenvalue weighted by Gasteiger charge is 2.30. The summed E-state index contributed by atoms with van der Waals surface area (Å²) in [6.07, 6.45) is 2.38. The normalized spacial score (nSPS) is 22.4. The van der Waals surface area contributed by atoms with E-state index in [4.69, 9.17) is 10.5 Å². The number of ether oxygens (including phenoxy) is 1. The second kappa shape index (κ2) is 9.47. The lowest BCUT2D eigenvalue weighted by Crippen LogP contribution is -2.51. The van der Waals surface area contributed by atoms with Crippen LogP contribution in [0.5, 0.6) is 0 Å². The first-order valence-corrected chi connectivity index (χ1v) is 8.14. The van der Waals surface area contributed by atoms with Crippen LogP contribution in [0.15, 0.2) is 24.3 Å². The topological polar surface area (TPSA) is 58.8 Å². The molecule has 3 rings (SSSR count). The number of piperidine rings is 1.